The number of nitrogens with one attached hydrogen (secondary N) is 2. The summed E-state index contributed by atoms with van der Waals surface area (Å²) in [6.07, 6.45) is 6.36. The Morgan fingerprint density at radius 2 is 2.08 bits per heavy atom. The molecule has 3 rings (SSSR count). The molecule has 1 aliphatic rings. The van der Waals surface area contributed by atoms with Crippen molar-refractivity contribution in [2.45, 2.75) is 19.3 Å². The molecule has 128 valence electrons. The van der Waals surface area contributed by atoms with Crippen molar-refractivity contribution in [1.29, 1.82) is 0 Å². The van der Waals surface area contributed by atoms with Gasteiger partial charge in [0, 0.05) is 31.5 Å². The van der Waals surface area contributed by atoms with Gasteiger partial charge in [-0.25, -0.2) is 0 Å². The number of nitrogens with zero attached hydrogens (tertiary/aromatic N) is 2. The van der Waals surface area contributed by atoms with E-state index >= 15 is 0 Å². The van der Waals surface area contributed by atoms with Gasteiger partial charge in [0.25, 0.3) is 5.91 Å². The number of rotatable bonds is 5. The van der Waals surface area contributed by atoms with Crippen LogP contribution in [-0.2, 0) is 0 Å². The van der Waals surface area contributed by atoms with Crippen LogP contribution in [0.1, 0.15) is 29.6 Å². The molecule has 24 heavy (non-hydrogen) atoms. The van der Waals surface area contributed by atoms with E-state index in [9.17, 15) is 4.79 Å². The van der Waals surface area contributed by atoms with E-state index in [2.05, 4.69) is 20.4 Å². The molecular weight excluding hydrogens is 347 g/mol. The highest BCUT2D eigenvalue weighted by Crippen LogP contribution is 2.30. The molecule has 1 saturated heterocycles. The van der Waals surface area contributed by atoms with Crippen molar-refractivity contribution in [2.75, 3.05) is 24.5 Å². The fourth-order valence-electron chi connectivity index (χ4n) is 3.03. The van der Waals surface area contributed by atoms with Crippen LogP contribution in [0.5, 0.6) is 0 Å². The van der Waals surface area contributed by atoms with Gasteiger partial charge in [0.05, 0.1) is 21.8 Å². The zero-order chi connectivity index (χ0) is 16.9. The van der Waals surface area contributed by atoms with E-state index in [1.54, 1.807) is 6.20 Å². The van der Waals surface area contributed by atoms with Gasteiger partial charge in [-0.15, -0.1) is 0 Å². The Hall–Kier alpha value is -1.72. The number of benzene rings is 1. The quantitative estimate of drug-likeness (QED) is 0.846. The summed E-state index contributed by atoms with van der Waals surface area (Å²) in [5.41, 5.74) is 1.69. The van der Waals surface area contributed by atoms with Gasteiger partial charge in [-0.3, -0.25) is 9.89 Å². The van der Waals surface area contributed by atoms with E-state index < -0.39 is 0 Å². The van der Waals surface area contributed by atoms with E-state index in [0.29, 0.717) is 28.1 Å². The second-order valence-corrected chi connectivity index (χ2v) is 6.87. The first-order chi connectivity index (χ1) is 11.6. The number of H-pyrrole nitrogens is 1. The molecule has 7 heteroatoms. The monoisotopic (exact) mass is 366 g/mol. The van der Waals surface area contributed by atoms with Crippen LogP contribution in [-0.4, -0.2) is 35.7 Å². The van der Waals surface area contributed by atoms with Crippen LogP contribution in [0.4, 0.5) is 5.69 Å². The predicted octanol–water partition coefficient (Wildman–Crippen LogP) is 3.75. The number of anilines is 1. The highest BCUT2D eigenvalue weighted by atomic mass is 35.5. The van der Waals surface area contributed by atoms with E-state index in [1.807, 2.05) is 18.2 Å². The molecule has 2 N–H and O–H groups in total. The van der Waals surface area contributed by atoms with Gasteiger partial charge in [0.1, 0.15) is 0 Å². The molecule has 0 atom stereocenters. The highest BCUT2D eigenvalue weighted by molar-refractivity contribution is 6.42. The molecule has 0 spiro atoms. The summed E-state index contributed by atoms with van der Waals surface area (Å²) in [5.74, 6) is 0.561. The number of aromatic amines is 1. The van der Waals surface area contributed by atoms with Crippen molar-refractivity contribution < 1.29 is 4.79 Å². The average molecular weight is 367 g/mol. The number of hydrogen-bond donors (Lipinski definition) is 2. The third kappa shape index (κ3) is 4.22. The van der Waals surface area contributed by atoms with Gasteiger partial charge in [0.15, 0.2) is 0 Å². The minimum atomic E-state index is -0.0722. The number of aromatic nitrogens is 2. The molecule has 2 aromatic rings. The Kier molecular flexibility index (Phi) is 5.63. The van der Waals surface area contributed by atoms with E-state index in [4.69, 9.17) is 23.2 Å². The molecule has 0 unspecified atom stereocenters. The number of carbonyl (C=O) groups excluding carboxylic acids is 1. The molecule has 0 saturated carbocycles. The van der Waals surface area contributed by atoms with Crippen molar-refractivity contribution in [3.63, 3.8) is 0 Å². The lowest BCUT2D eigenvalue weighted by Gasteiger charge is -2.33. The predicted molar refractivity (Wildman–Crippen MR) is 96.9 cm³/mol. The summed E-state index contributed by atoms with van der Waals surface area (Å²) in [6, 6.07) is 5.78. The Morgan fingerprint density at radius 3 is 2.75 bits per heavy atom. The highest BCUT2D eigenvalue weighted by Gasteiger charge is 2.20. The summed E-state index contributed by atoms with van der Waals surface area (Å²) < 4.78 is 0. The van der Waals surface area contributed by atoms with Crippen LogP contribution in [0.25, 0.3) is 0 Å². The molecule has 5 nitrogen and oxygen atoms in total. The molecule has 1 aromatic heterocycles. The van der Waals surface area contributed by atoms with Crippen LogP contribution in [0.3, 0.4) is 0 Å². The summed E-state index contributed by atoms with van der Waals surface area (Å²) in [5, 5.41) is 10.6. The Labute approximate surface area is 151 Å². The molecule has 1 amide bonds. The van der Waals surface area contributed by atoms with Gasteiger partial charge in [-0.1, -0.05) is 23.2 Å². The van der Waals surface area contributed by atoms with Gasteiger partial charge in [0.2, 0.25) is 0 Å². The van der Waals surface area contributed by atoms with Crippen molar-refractivity contribution >= 4 is 34.8 Å². The summed E-state index contributed by atoms with van der Waals surface area (Å²) >= 11 is 12.1. The Morgan fingerprint density at radius 1 is 1.29 bits per heavy atom. The number of carbonyl (C=O) groups is 1. The Bertz CT molecular complexity index is 682. The lowest BCUT2D eigenvalue weighted by atomic mass is 9.93. The summed E-state index contributed by atoms with van der Waals surface area (Å²) in [4.78, 5) is 14.2. The van der Waals surface area contributed by atoms with Crippen molar-refractivity contribution in [3.8, 4) is 0 Å². The first kappa shape index (κ1) is 17.1. The van der Waals surface area contributed by atoms with Gasteiger partial charge in [-0.05, 0) is 43.4 Å². The fraction of sp³-hybridized carbons (Fsp3) is 0.412. The standard InChI is InChI=1S/C17H20Cl2N4O/c18-15-2-1-14(9-16(15)19)23-7-4-12(5-8-23)3-6-20-17(24)13-10-21-22-11-13/h1-2,9-12H,3-8H2,(H,20,24)(H,21,22). The second kappa shape index (κ2) is 7.90. The number of amides is 1. The molecule has 0 radical (unpaired) electrons. The van der Waals surface area contributed by atoms with Gasteiger partial charge >= 0.3 is 0 Å². The normalized spacial score (nSPS) is 15.5. The topological polar surface area (TPSA) is 61.0 Å². The lowest BCUT2D eigenvalue weighted by Crippen LogP contribution is -2.35. The minimum Gasteiger partial charge on any atom is -0.371 e. The largest absolute Gasteiger partial charge is 0.371 e. The van der Waals surface area contributed by atoms with Crippen molar-refractivity contribution in [2.24, 2.45) is 5.92 Å². The van der Waals surface area contributed by atoms with Gasteiger partial charge < -0.3 is 10.2 Å². The fourth-order valence-corrected chi connectivity index (χ4v) is 3.32. The smallest absolute Gasteiger partial charge is 0.254 e. The minimum absolute atomic E-state index is 0.0722. The summed E-state index contributed by atoms with van der Waals surface area (Å²) in [6.45, 7) is 2.69. The first-order valence-electron chi connectivity index (χ1n) is 8.10. The second-order valence-electron chi connectivity index (χ2n) is 6.06. The third-order valence-corrected chi connectivity index (χ3v) is 5.22. The molecule has 1 aromatic carbocycles. The van der Waals surface area contributed by atoms with E-state index in [0.717, 1.165) is 38.0 Å². The molecule has 0 aliphatic carbocycles. The number of hydrogen-bond acceptors (Lipinski definition) is 3. The maximum Gasteiger partial charge on any atom is 0.254 e. The molecule has 1 aliphatic heterocycles. The molecule has 1 fully saturated rings. The molecular formula is C17H20Cl2N4O. The summed E-state index contributed by atoms with van der Waals surface area (Å²) in [7, 11) is 0. The maximum atomic E-state index is 11.8. The SMILES string of the molecule is O=C(NCCC1CCN(c2ccc(Cl)c(Cl)c2)CC1)c1cn[nH]c1. The molecule has 2 heterocycles. The van der Waals surface area contributed by atoms with Crippen LogP contribution in [0.2, 0.25) is 10.0 Å². The van der Waals surface area contributed by atoms with E-state index in [-0.39, 0.29) is 5.91 Å². The average Bonchev–Trinajstić information content (AvgIpc) is 3.13. The zero-order valence-corrected chi connectivity index (χ0v) is 14.8. The van der Waals surface area contributed by atoms with Crippen molar-refractivity contribution in [1.82, 2.24) is 15.5 Å². The molecule has 0 bridgehead atoms. The Balaban J connectivity index is 1.42. The van der Waals surface area contributed by atoms with Crippen molar-refractivity contribution in [3.05, 3.63) is 46.2 Å². The maximum absolute atomic E-state index is 11.8. The third-order valence-electron chi connectivity index (χ3n) is 4.48. The van der Waals surface area contributed by atoms with Crippen LogP contribution >= 0.6 is 23.2 Å². The van der Waals surface area contributed by atoms with Crippen LogP contribution in [0, 0.1) is 5.92 Å². The number of piperidine rings is 1. The lowest BCUT2D eigenvalue weighted by molar-refractivity contribution is 0.0951. The van der Waals surface area contributed by atoms with Crippen LogP contribution < -0.4 is 10.2 Å². The zero-order valence-electron chi connectivity index (χ0n) is 13.3. The van der Waals surface area contributed by atoms with E-state index in [1.165, 1.54) is 6.20 Å². The first-order valence-corrected chi connectivity index (χ1v) is 8.86. The van der Waals surface area contributed by atoms with Gasteiger partial charge in [-0.2, -0.15) is 5.10 Å². The number of halogens is 2. The van der Waals surface area contributed by atoms with Crippen LogP contribution in [0.15, 0.2) is 30.6 Å².